The van der Waals surface area contributed by atoms with E-state index in [1.165, 1.54) is 51.4 Å². The van der Waals surface area contributed by atoms with Crippen LogP contribution in [-0.2, 0) is 0 Å². The molecule has 1 nitrogen and oxygen atoms in total. The van der Waals surface area contributed by atoms with E-state index in [0.717, 1.165) is 36.5 Å². The SMILES string of the molecule is C=CC[C@@]1(O)CC[C@H]2[C@@H]3CCC4=CCCC[C@@H]4[C@H]3CC[C@]21C. The van der Waals surface area contributed by atoms with E-state index in [1.54, 1.807) is 5.57 Å². The topological polar surface area (TPSA) is 20.2 Å². The highest BCUT2D eigenvalue weighted by molar-refractivity contribution is 5.20. The second-order valence-electron chi connectivity index (χ2n) is 8.81. The van der Waals surface area contributed by atoms with Gasteiger partial charge in [-0.05, 0) is 93.3 Å². The summed E-state index contributed by atoms with van der Waals surface area (Å²) in [6.45, 7) is 6.31. The number of fused-ring (bicyclic) bond motifs is 5. The largest absolute Gasteiger partial charge is 0.389 e. The van der Waals surface area contributed by atoms with Crippen molar-refractivity contribution in [1.82, 2.24) is 0 Å². The Kier molecular flexibility index (Phi) is 3.56. The van der Waals surface area contributed by atoms with Crippen molar-refractivity contribution < 1.29 is 5.11 Å². The molecule has 3 fully saturated rings. The first-order chi connectivity index (χ1) is 10.6. The third kappa shape index (κ3) is 1.94. The van der Waals surface area contributed by atoms with Gasteiger partial charge >= 0.3 is 0 Å². The molecule has 1 heteroatoms. The smallest absolute Gasteiger partial charge is 0.0738 e. The molecule has 0 aromatic carbocycles. The number of hydrogen-bond donors (Lipinski definition) is 1. The van der Waals surface area contributed by atoms with Crippen LogP contribution in [0.4, 0.5) is 0 Å². The summed E-state index contributed by atoms with van der Waals surface area (Å²) < 4.78 is 0. The van der Waals surface area contributed by atoms with Crippen molar-refractivity contribution in [1.29, 1.82) is 0 Å². The van der Waals surface area contributed by atoms with E-state index < -0.39 is 5.60 Å². The van der Waals surface area contributed by atoms with Crippen LogP contribution >= 0.6 is 0 Å². The van der Waals surface area contributed by atoms with Crippen molar-refractivity contribution in [2.24, 2.45) is 29.1 Å². The highest BCUT2D eigenvalue weighted by Gasteiger charge is 2.61. The van der Waals surface area contributed by atoms with Crippen LogP contribution in [0.5, 0.6) is 0 Å². The summed E-state index contributed by atoms with van der Waals surface area (Å²) in [5, 5.41) is 11.3. The van der Waals surface area contributed by atoms with Gasteiger partial charge < -0.3 is 5.11 Å². The lowest BCUT2D eigenvalue weighted by Crippen LogP contribution is -2.52. The Morgan fingerprint density at radius 2 is 2.09 bits per heavy atom. The number of allylic oxidation sites excluding steroid dienone is 2. The minimum Gasteiger partial charge on any atom is -0.389 e. The van der Waals surface area contributed by atoms with Gasteiger partial charge in [-0.2, -0.15) is 0 Å². The molecule has 0 bridgehead atoms. The molecule has 122 valence electrons. The van der Waals surface area contributed by atoms with Gasteiger partial charge in [-0.3, -0.25) is 0 Å². The molecule has 0 radical (unpaired) electrons. The van der Waals surface area contributed by atoms with Gasteiger partial charge in [-0.25, -0.2) is 0 Å². The standard InChI is InChI=1S/C21H32O/c1-3-12-21(22)14-11-19-18-9-8-15-6-4-5-7-16(15)17(18)10-13-20(19,21)2/h3,6,16-19,22H,1,4-5,7-14H2,2H3/t16-,17+,18+,19-,20+,21+/m0/s1. The van der Waals surface area contributed by atoms with Crippen LogP contribution in [0.2, 0.25) is 0 Å². The van der Waals surface area contributed by atoms with E-state index in [0.29, 0.717) is 0 Å². The van der Waals surface area contributed by atoms with Crippen molar-refractivity contribution in [3.05, 3.63) is 24.3 Å². The van der Waals surface area contributed by atoms with Crippen LogP contribution < -0.4 is 0 Å². The molecular formula is C21H32O. The molecule has 0 amide bonds. The fourth-order valence-electron chi connectivity index (χ4n) is 6.99. The predicted octanol–water partition coefficient (Wildman–Crippen LogP) is 5.26. The van der Waals surface area contributed by atoms with E-state index in [1.807, 2.05) is 6.08 Å². The molecule has 6 atom stereocenters. The Hall–Kier alpha value is -0.560. The van der Waals surface area contributed by atoms with Crippen molar-refractivity contribution in [2.75, 3.05) is 0 Å². The third-order valence-corrected chi connectivity index (χ3v) is 8.18. The second-order valence-corrected chi connectivity index (χ2v) is 8.81. The molecular weight excluding hydrogens is 268 g/mol. The quantitative estimate of drug-likeness (QED) is 0.690. The Morgan fingerprint density at radius 1 is 1.23 bits per heavy atom. The van der Waals surface area contributed by atoms with Gasteiger partial charge in [0.05, 0.1) is 5.60 Å². The molecule has 0 aromatic rings. The minimum absolute atomic E-state index is 0.137. The van der Waals surface area contributed by atoms with E-state index >= 15 is 0 Å². The Morgan fingerprint density at radius 3 is 2.91 bits per heavy atom. The van der Waals surface area contributed by atoms with E-state index in [-0.39, 0.29) is 5.41 Å². The monoisotopic (exact) mass is 300 g/mol. The average molecular weight is 300 g/mol. The minimum atomic E-state index is -0.479. The zero-order valence-electron chi connectivity index (χ0n) is 14.2. The van der Waals surface area contributed by atoms with Crippen LogP contribution in [0.15, 0.2) is 24.3 Å². The summed E-state index contributed by atoms with van der Waals surface area (Å²) in [6, 6.07) is 0. The van der Waals surface area contributed by atoms with Gasteiger partial charge in [0.25, 0.3) is 0 Å². The van der Waals surface area contributed by atoms with Crippen LogP contribution in [0.3, 0.4) is 0 Å². The van der Waals surface area contributed by atoms with Gasteiger partial charge in [0, 0.05) is 0 Å². The van der Waals surface area contributed by atoms with Gasteiger partial charge in [-0.15, -0.1) is 6.58 Å². The number of rotatable bonds is 2. The number of hydrogen-bond acceptors (Lipinski definition) is 1. The Balaban J connectivity index is 1.62. The lowest BCUT2D eigenvalue weighted by atomic mass is 9.50. The van der Waals surface area contributed by atoms with Crippen molar-refractivity contribution in [2.45, 2.75) is 76.7 Å². The molecule has 3 saturated carbocycles. The highest BCUT2D eigenvalue weighted by atomic mass is 16.3. The fraction of sp³-hybridized carbons (Fsp3) is 0.810. The molecule has 1 N–H and O–H groups in total. The molecule has 0 unspecified atom stereocenters. The lowest BCUT2D eigenvalue weighted by molar-refractivity contribution is -0.115. The summed E-state index contributed by atoms with van der Waals surface area (Å²) in [5.74, 6) is 3.44. The molecule has 4 aliphatic rings. The van der Waals surface area contributed by atoms with Crippen LogP contribution in [-0.4, -0.2) is 10.7 Å². The van der Waals surface area contributed by atoms with Gasteiger partial charge in [0.1, 0.15) is 0 Å². The van der Waals surface area contributed by atoms with Crippen LogP contribution in [0.1, 0.15) is 71.1 Å². The summed E-state index contributed by atoms with van der Waals surface area (Å²) >= 11 is 0. The predicted molar refractivity (Wildman–Crippen MR) is 91.5 cm³/mol. The second kappa shape index (κ2) is 5.23. The molecule has 0 aromatic heterocycles. The van der Waals surface area contributed by atoms with Crippen molar-refractivity contribution in [3.63, 3.8) is 0 Å². The Bertz CT molecular complexity index is 492. The molecule has 22 heavy (non-hydrogen) atoms. The molecule has 4 rings (SSSR count). The van der Waals surface area contributed by atoms with Gasteiger partial charge in [0.2, 0.25) is 0 Å². The third-order valence-electron chi connectivity index (χ3n) is 8.18. The molecule has 0 heterocycles. The number of aliphatic hydroxyl groups is 1. The zero-order chi connectivity index (χ0) is 15.4. The molecule has 0 saturated heterocycles. The van der Waals surface area contributed by atoms with Crippen LogP contribution in [0, 0.1) is 29.1 Å². The normalized spacial score (nSPS) is 50.5. The zero-order valence-corrected chi connectivity index (χ0v) is 14.2. The maximum Gasteiger partial charge on any atom is 0.0738 e. The highest BCUT2D eigenvalue weighted by Crippen LogP contribution is 2.65. The molecule has 4 aliphatic carbocycles. The van der Waals surface area contributed by atoms with Gasteiger partial charge in [0.15, 0.2) is 0 Å². The van der Waals surface area contributed by atoms with Gasteiger partial charge in [-0.1, -0.05) is 24.6 Å². The van der Waals surface area contributed by atoms with E-state index in [4.69, 9.17) is 0 Å². The summed E-state index contributed by atoms with van der Waals surface area (Å²) in [6.07, 6.45) is 17.0. The van der Waals surface area contributed by atoms with Crippen LogP contribution in [0.25, 0.3) is 0 Å². The van der Waals surface area contributed by atoms with Crippen molar-refractivity contribution in [3.8, 4) is 0 Å². The van der Waals surface area contributed by atoms with E-state index in [2.05, 4.69) is 19.6 Å². The maximum absolute atomic E-state index is 11.3. The van der Waals surface area contributed by atoms with Crippen molar-refractivity contribution >= 4 is 0 Å². The summed E-state index contributed by atoms with van der Waals surface area (Å²) in [5.41, 5.74) is 1.46. The maximum atomic E-state index is 11.3. The molecule has 0 spiro atoms. The average Bonchev–Trinajstić information content (AvgIpc) is 2.79. The lowest BCUT2D eigenvalue weighted by Gasteiger charge is -2.55. The molecule has 0 aliphatic heterocycles. The fourth-order valence-corrected chi connectivity index (χ4v) is 6.99. The Labute approximate surface area is 135 Å². The summed E-state index contributed by atoms with van der Waals surface area (Å²) in [4.78, 5) is 0. The van der Waals surface area contributed by atoms with E-state index in [9.17, 15) is 5.11 Å². The first-order valence-corrected chi connectivity index (χ1v) is 9.61. The summed E-state index contributed by atoms with van der Waals surface area (Å²) in [7, 11) is 0. The first kappa shape index (κ1) is 15.0. The first-order valence-electron chi connectivity index (χ1n) is 9.61.